The Labute approximate surface area is 115 Å². The van der Waals surface area contributed by atoms with E-state index in [2.05, 4.69) is 33.7 Å². The molecule has 3 aromatic rings. The van der Waals surface area contributed by atoms with E-state index in [9.17, 15) is 0 Å². The SMILES string of the molecule is CC(Nc1nc2ccccc2nc1N)c1cccs1. The summed E-state index contributed by atoms with van der Waals surface area (Å²) in [5.74, 6) is 1.07. The number of fused-ring (bicyclic) bond motifs is 1. The molecule has 19 heavy (non-hydrogen) atoms. The fourth-order valence-corrected chi connectivity index (χ4v) is 2.67. The molecule has 96 valence electrons. The van der Waals surface area contributed by atoms with Crippen molar-refractivity contribution in [3.8, 4) is 0 Å². The largest absolute Gasteiger partial charge is 0.381 e. The third-order valence-electron chi connectivity index (χ3n) is 2.92. The van der Waals surface area contributed by atoms with Gasteiger partial charge in [-0.1, -0.05) is 18.2 Å². The van der Waals surface area contributed by atoms with E-state index in [1.54, 1.807) is 11.3 Å². The molecule has 0 bridgehead atoms. The molecule has 0 saturated carbocycles. The van der Waals surface area contributed by atoms with Gasteiger partial charge in [-0.05, 0) is 30.5 Å². The van der Waals surface area contributed by atoms with Gasteiger partial charge in [0, 0.05) is 4.88 Å². The number of anilines is 2. The Kier molecular flexibility index (Phi) is 3.05. The summed E-state index contributed by atoms with van der Waals surface area (Å²) in [6.45, 7) is 2.09. The highest BCUT2D eigenvalue weighted by molar-refractivity contribution is 7.10. The lowest BCUT2D eigenvalue weighted by Gasteiger charge is -2.14. The maximum Gasteiger partial charge on any atom is 0.170 e. The molecule has 2 aromatic heterocycles. The van der Waals surface area contributed by atoms with E-state index in [0.29, 0.717) is 11.6 Å². The second kappa shape index (κ2) is 4.85. The number of rotatable bonds is 3. The predicted molar refractivity (Wildman–Crippen MR) is 80.3 cm³/mol. The normalized spacial score (nSPS) is 12.5. The number of nitrogens with zero attached hydrogens (tertiary/aromatic N) is 2. The molecule has 0 amide bonds. The summed E-state index contributed by atoms with van der Waals surface area (Å²) in [7, 11) is 0. The number of aromatic nitrogens is 2. The molecule has 0 saturated heterocycles. The molecule has 0 aliphatic rings. The summed E-state index contributed by atoms with van der Waals surface area (Å²) in [5, 5.41) is 5.37. The minimum Gasteiger partial charge on any atom is -0.381 e. The summed E-state index contributed by atoms with van der Waals surface area (Å²) >= 11 is 1.71. The number of nitrogens with one attached hydrogen (secondary N) is 1. The Balaban J connectivity index is 1.94. The smallest absolute Gasteiger partial charge is 0.170 e. The zero-order valence-corrected chi connectivity index (χ0v) is 11.3. The maximum atomic E-state index is 5.96. The maximum absolute atomic E-state index is 5.96. The molecule has 3 rings (SSSR count). The number of benzene rings is 1. The minimum absolute atomic E-state index is 0.165. The third kappa shape index (κ3) is 2.37. The van der Waals surface area contributed by atoms with Crippen LogP contribution in [0.3, 0.4) is 0 Å². The van der Waals surface area contributed by atoms with Crippen LogP contribution in [-0.4, -0.2) is 9.97 Å². The molecular weight excluding hydrogens is 256 g/mol. The standard InChI is InChI=1S/C14H14N4S/c1-9(12-7-4-8-19-12)16-14-13(15)17-10-5-2-3-6-11(10)18-14/h2-9H,1H3,(H2,15,17)(H,16,18). The first-order chi connectivity index (χ1) is 9.24. The number of nitrogens with two attached hydrogens (primary N) is 1. The number of hydrogen-bond donors (Lipinski definition) is 2. The summed E-state index contributed by atoms with van der Waals surface area (Å²) in [4.78, 5) is 10.1. The summed E-state index contributed by atoms with van der Waals surface area (Å²) < 4.78 is 0. The number of para-hydroxylation sites is 2. The molecule has 0 aliphatic carbocycles. The molecule has 0 spiro atoms. The van der Waals surface area contributed by atoms with Crippen molar-refractivity contribution in [1.29, 1.82) is 0 Å². The molecule has 0 fully saturated rings. The van der Waals surface area contributed by atoms with Gasteiger partial charge in [0.25, 0.3) is 0 Å². The topological polar surface area (TPSA) is 63.8 Å². The van der Waals surface area contributed by atoms with Crippen molar-refractivity contribution in [2.45, 2.75) is 13.0 Å². The molecule has 2 heterocycles. The van der Waals surface area contributed by atoms with E-state index in [1.165, 1.54) is 4.88 Å². The third-order valence-corrected chi connectivity index (χ3v) is 3.98. The highest BCUT2D eigenvalue weighted by Crippen LogP contribution is 2.25. The van der Waals surface area contributed by atoms with E-state index in [4.69, 9.17) is 5.73 Å². The van der Waals surface area contributed by atoms with Crippen LogP contribution < -0.4 is 11.1 Å². The number of thiophene rings is 1. The van der Waals surface area contributed by atoms with Gasteiger partial charge in [0.2, 0.25) is 0 Å². The van der Waals surface area contributed by atoms with Crippen molar-refractivity contribution in [2.75, 3.05) is 11.1 Å². The second-order valence-electron chi connectivity index (χ2n) is 4.33. The van der Waals surface area contributed by atoms with Gasteiger partial charge in [-0.25, -0.2) is 9.97 Å². The first kappa shape index (κ1) is 11.9. The molecule has 1 unspecified atom stereocenters. The number of nitrogen functional groups attached to an aromatic ring is 1. The summed E-state index contributed by atoms with van der Waals surface area (Å²) in [5.41, 5.74) is 7.61. The fraction of sp³-hybridized carbons (Fsp3) is 0.143. The average Bonchev–Trinajstić information content (AvgIpc) is 2.93. The Hall–Kier alpha value is -2.14. The van der Waals surface area contributed by atoms with E-state index in [0.717, 1.165) is 11.0 Å². The van der Waals surface area contributed by atoms with E-state index in [1.807, 2.05) is 30.3 Å². The highest BCUT2D eigenvalue weighted by atomic mass is 32.1. The van der Waals surface area contributed by atoms with E-state index in [-0.39, 0.29) is 6.04 Å². The Morgan fingerprint density at radius 1 is 1.11 bits per heavy atom. The van der Waals surface area contributed by atoms with Gasteiger partial charge in [0.1, 0.15) is 0 Å². The zero-order chi connectivity index (χ0) is 13.2. The molecular formula is C14H14N4S. The lowest BCUT2D eigenvalue weighted by atomic mass is 10.2. The van der Waals surface area contributed by atoms with Gasteiger partial charge in [0.05, 0.1) is 17.1 Å². The molecule has 3 N–H and O–H groups in total. The van der Waals surface area contributed by atoms with Crippen LogP contribution >= 0.6 is 11.3 Å². The lowest BCUT2D eigenvalue weighted by Crippen LogP contribution is -2.10. The molecule has 1 aromatic carbocycles. The van der Waals surface area contributed by atoms with Crippen molar-refractivity contribution in [3.63, 3.8) is 0 Å². The van der Waals surface area contributed by atoms with Gasteiger partial charge >= 0.3 is 0 Å². The Morgan fingerprint density at radius 3 is 2.53 bits per heavy atom. The van der Waals surface area contributed by atoms with E-state index >= 15 is 0 Å². The van der Waals surface area contributed by atoms with Gasteiger partial charge in [-0.2, -0.15) is 0 Å². The lowest BCUT2D eigenvalue weighted by molar-refractivity contribution is 0.897. The van der Waals surface area contributed by atoms with Crippen LogP contribution in [0.15, 0.2) is 41.8 Å². The Morgan fingerprint density at radius 2 is 1.84 bits per heavy atom. The average molecular weight is 270 g/mol. The van der Waals surface area contributed by atoms with Crippen LogP contribution in [0.1, 0.15) is 17.8 Å². The zero-order valence-electron chi connectivity index (χ0n) is 10.5. The monoisotopic (exact) mass is 270 g/mol. The summed E-state index contributed by atoms with van der Waals surface area (Å²) in [6, 6.07) is 12.0. The van der Waals surface area contributed by atoms with Crippen LogP contribution in [0.4, 0.5) is 11.6 Å². The quantitative estimate of drug-likeness (QED) is 0.765. The van der Waals surface area contributed by atoms with Gasteiger partial charge in [0.15, 0.2) is 11.6 Å². The fourth-order valence-electron chi connectivity index (χ4n) is 1.93. The van der Waals surface area contributed by atoms with Crippen molar-refractivity contribution in [1.82, 2.24) is 9.97 Å². The minimum atomic E-state index is 0.165. The van der Waals surface area contributed by atoms with Crippen LogP contribution in [-0.2, 0) is 0 Å². The van der Waals surface area contributed by atoms with Gasteiger partial charge in [-0.15, -0.1) is 11.3 Å². The number of hydrogen-bond acceptors (Lipinski definition) is 5. The molecule has 5 heteroatoms. The van der Waals surface area contributed by atoms with Crippen LogP contribution in [0.5, 0.6) is 0 Å². The molecule has 0 radical (unpaired) electrons. The van der Waals surface area contributed by atoms with Crippen LogP contribution in [0.25, 0.3) is 11.0 Å². The molecule has 4 nitrogen and oxygen atoms in total. The summed E-state index contributed by atoms with van der Waals surface area (Å²) in [6.07, 6.45) is 0. The van der Waals surface area contributed by atoms with Gasteiger partial charge < -0.3 is 11.1 Å². The van der Waals surface area contributed by atoms with Crippen molar-refractivity contribution >= 4 is 34.0 Å². The van der Waals surface area contributed by atoms with Crippen LogP contribution in [0, 0.1) is 0 Å². The molecule has 0 aliphatic heterocycles. The van der Waals surface area contributed by atoms with Gasteiger partial charge in [-0.3, -0.25) is 0 Å². The predicted octanol–water partition coefficient (Wildman–Crippen LogP) is 3.45. The Bertz CT molecular complexity index is 694. The van der Waals surface area contributed by atoms with Crippen molar-refractivity contribution < 1.29 is 0 Å². The van der Waals surface area contributed by atoms with Crippen molar-refractivity contribution in [3.05, 3.63) is 46.7 Å². The first-order valence-electron chi connectivity index (χ1n) is 6.06. The van der Waals surface area contributed by atoms with E-state index < -0.39 is 0 Å². The molecule has 1 atom stereocenters. The van der Waals surface area contributed by atoms with Crippen LogP contribution in [0.2, 0.25) is 0 Å². The first-order valence-corrected chi connectivity index (χ1v) is 6.94. The second-order valence-corrected chi connectivity index (χ2v) is 5.31. The van der Waals surface area contributed by atoms with Crippen molar-refractivity contribution in [2.24, 2.45) is 0 Å². The highest BCUT2D eigenvalue weighted by Gasteiger charge is 2.11.